The van der Waals surface area contributed by atoms with E-state index in [4.69, 9.17) is 9.47 Å². The molecule has 2 atom stereocenters. The minimum Gasteiger partial charge on any atom is -0.489 e. The van der Waals surface area contributed by atoms with E-state index in [1.807, 2.05) is 18.2 Å². The maximum absolute atomic E-state index is 12.1. The van der Waals surface area contributed by atoms with Gasteiger partial charge in [0.2, 0.25) is 0 Å². The number of amides is 1. The number of nitrogens with zero attached hydrogens (tertiary/aromatic N) is 2. The lowest BCUT2D eigenvalue weighted by Crippen LogP contribution is -2.45. The second-order valence-electron chi connectivity index (χ2n) is 6.02. The highest BCUT2D eigenvalue weighted by Crippen LogP contribution is 2.40. The van der Waals surface area contributed by atoms with Gasteiger partial charge in [-0.1, -0.05) is 12.1 Å². The molecule has 7 heteroatoms. The molecule has 0 unspecified atom stereocenters. The zero-order chi connectivity index (χ0) is 17.6. The van der Waals surface area contributed by atoms with Gasteiger partial charge in [-0.15, -0.1) is 0 Å². The van der Waals surface area contributed by atoms with Gasteiger partial charge < -0.3 is 14.6 Å². The lowest BCUT2D eigenvalue weighted by Gasteiger charge is -2.31. The van der Waals surface area contributed by atoms with Crippen LogP contribution in [0.1, 0.15) is 17.4 Å². The van der Waals surface area contributed by atoms with E-state index in [0.29, 0.717) is 17.1 Å². The van der Waals surface area contributed by atoms with Crippen LogP contribution in [0.15, 0.2) is 36.5 Å². The van der Waals surface area contributed by atoms with Crippen molar-refractivity contribution in [2.45, 2.75) is 19.1 Å². The summed E-state index contributed by atoms with van der Waals surface area (Å²) in [5, 5.41) is 9.33. The number of ether oxygens (including phenoxy) is 2. The van der Waals surface area contributed by atoms with Gasteiger partial charge in [0.1, 0.15) is 24.1 Å². The average molecular weight is 340 g/mol. The van der Waals surface area contributed by atoms with Gasteiger partial charge in [0.25, 0.3) is 0 Å². The van der Waals surface area contributed by atoms with Crippen molar-refractivity contribution >= 4 is 17.6 Å². The van der Waals surface area contributed by atoms with Crippen LogP contribution in [0.3, 0.4) is 0 Å². The minimum absolute atomic E-state index is 0.0858. The normalized spacial score (nSPS) is 21.2. The summed E-state index contributed by atoms with van der Waals surface area (Å²) in [7, 11) is 0. The van der Waals surface area contributed by atoms with E-state index < -0.39 is 12.2 Å². The summed E-state index contributed by atoms with van der Waals surface area (Å²) in [5.41, 5.74) is 2.74. The summed E-state index contributed by atoms with van der Waals surface area (Å²) < 4.78 is 11.0. The van der Waals surface area contributed by atoms with Gasteiger partial charge in [-0.2, -0.15) is 0 Å². The Kier molecular flexibility index (Phi) is 3.65. The molecule has 2 aromatic rings. The van der Waals surface area contributed by atoms with Crippen molar-refractivity contribution in [2.24, 2.45) is 0 Å². The first kappa shape index (κ1) is 15.6. The number of cyclic esters (lactones) is 1. The predicted octanol–water partition coefficient (Wildman–Crippen LogP) is 2.03. The van der Waals surface area contributed by atoms with Crippen molar-refractivity contribution in [3.8, 4) is 16.9 Å². The van der Waals surface area contributed by atoms with Gasteiger partial charge in [0.15, 0.2) is 11.9 Å². The van der Waals surface area contributed by atoms with Crippen LogP contribution in [-0.4, -0.2) is 47.3 Å². The molecular formula is C18H16N2O5. The first-order valence-electron chi connectivity index (χ1n) is 7.93. The highest BCUT2D eigenvalue weighted by atomic mass is 16.6. The number of ketones is 1. The summed E-state index contributed by atoms with van der Waals surface area (Å²) >= 11 is 0. The molecule has 1 saturated heterocycles. The lowest BCUT2D eigenvalue weighted by atomic mass is 10.0. The first-order valence-corrected chi connectivity index (χ1v) is 7.93. The molecule has 0 spiro atoms. The van der Waals surface area contributed by atoms with E-state index in [-0.39, 0.29) is 25.0 Å². The molecule has 4 rings (SSSR count). The molecule has 0 aliphatic carbocycles. The Morgan fingerprint density at radius 2 is 2.12 bits per heavy atom. The molecule has 128 valence electrons. The summed E-state index contributed by atoms with van der Waals surface area (Å²) in [6.07, 6.45) is 0.577. The van der Waals surface area contributed by atoms with Crippen LogP contribution >= 0.6 is 0 Å². The van der Waals surface area contributed by atoms with E-state index in [2.05, 4.69) is 4.98 Å². The fraction of sp³-hybridized carbons (Fsp3) is 0.278. The molecule has 0 bridgehead atoms. The highest BCUT2D eigenvalue weighted by molar-refractivity contribution is 5.94. The van der Waals surface area contributed by atoms with Crippen LogP contribution in [0.25, 0.3) is 11.1 Å². The molecule has 1 fully saturated rings. The van der Waals surface area contributed by atoms with Crippen LogP contribution in [0.5, 0.6) is 5.75 Å². The molecule has 1 aromatic heterocycles. The standard InChI is InChI=1S/C18H16N2O5/c1-10(22)13-4-2-12(7-19-13)11-3-5-14-16(6-11)24-9-15-17(8-21)25-18(23)20(14)15/h2-7,15,17,21H,8-9H2,1H3/t15-,17-/m0/s1. The molecule has 2 aliphatic heterocycles. The lowest BCUT2D eigenvalue weighted by molar-refractivity contribution is 0.0734. The number of anilines is 1. The SMILES string of the molecule is CC(=O)c1ccc(-c2ccc3c(c2)OC[C@H]2[C@H](CO)OC(=O)N32)cn1. The largest absolute Gasteiger partial charge is 0.489 e. The number of hydrogen-bond acceptors (Lipinski definition) is 6. The number of benzene rings is 1. The zero-order valence-corrected chi connectivity index (χ0v) is 13.5. The monoisotopic (exact) mass is 340 g/mol. The second-order valence-corrected chi connectivity index (χ2v) is 6.02. The Morgan fingerprint density at radius 1 is 1.32 bits per heavy atom. The minimum atomic E-state index is -0.580. The summed E-state index contributed by atoms with van der Waals surface area (Å²) in [5.74, 6) is 0.484. The number of aliphatic hydroxyl groups is 1. The van der Waals surface area contributed by atoms with Crippen LogP contribution in [-0.2, 0) is 4.74 Å². The topological polar surface area (TPSA) is 89.0 Å². The van der Waals surface area contributed by atoms with Crippen LogP contribution in [0, 0.1) is 0 Å². The van der Waals surface area contributed by atoms with Crippen molar-refractivity contribution in [2.75, 3.05) is 18.1 Å². The third-order valence-corrected chi connectivity index (χ3v) is 4.48. The smallest absolute Gasteiger partial charge is 0.415 e. The Balaban J connectivity index is 1.67. The molecule has 1 N–H and O–H groups in total. The van der Waals surface area contributed by atoms with E-state index in [1.54, 1.807) is 18.3 Å². The van der Waals surface area contributed by atoms with Crippen molar-refractivity contribution in [1.29, 1.82) is 0 Å². The molecule has 0 radical (unpaired) electrons. The van der Waals surface area contributed by atoms with Gasteiger partial charge in [0.05, 0.1) is 12.3 Å². The molecule has 25 heavy (non-hydrogen) atoms. The van der Waals surface area contributed by atoms with Crippen LogP contribution < -0.4 is 9.64 Å². The molecule has 1 aromatic carbocycles. The van der Waals surface area contributed by atoms with Gasteiger partial charge in [-0.05, 0) is 23.8 Å². The quantitative estimate of drug-likeness (QED) is 0.860. The van der Waals surface area contributed by atoms with E-state index >= 15 is 0 Å². The maximum Gasteiger partial charge on any atom is 0.415 e. The van der Waals surface area contributed by atoms with Crippen molar-refractivity contribution in [1.82, 2.24) is 4.98 Å². The maximum atomic E-state index is 12.1. The average Bonchev–Trinajstić information content (AvgIpc) is 2.97. The molecular weight excluding hydrogens is 324 g/mol. The highest BCUT2D eigenvalue weighted by Gasteiger charge is 2.46. The Hall–Kier alpha value is -2.93. The first-order chi connectivity index (χ1) is 12.1. The molecule has 2 aliphatic rings. The van der Waals surface area contributed by atoms with Gasteiger partial charge in [-0.25, -0.2) is 4.79 Å². The molecule has 1 amide bonds. The number of fused-ring (bicyclic) bond motifs is 3. The third kappa shape index (κ3) is 2.53. The number of pyridine rings is 1. The predicted molar refractivity (Wildman–Crippen MR) is 88.8 cm³/mol. The van der Waals surface area contributed by atoms with E-state index in [1.165, 1.54) is 11.8 Å². The van der Waals surface area contributed by atoms with Gasteiger partial charge in [0, 0.05) is 18.7 Å². The van der Waals surface area contributed by atoms with Crippen molar-refractivity contribution < 1.29 is 24.2 Å². The fourth-order valence-electron chi connectivity index (χ4n) is 3.14. The van der Waals surface area contributed by atoms with Crippen LogP contribution in [0.2, 0.25) is 0 Å². The Labute approximate surface area is 143 Å². The number of rotatable bonds is 3. The second kappa shape index (κ2) is 5.86. The fourth-order valence-corrected chi connectivity index (χ4v) is 3.14. The number of carbonyl (C=O) groups is 2. The van der Waals surface area contributed by atoms with Gasteiger partial charge in [-0.3, -0.25) is 14.7 Å². The Morgan fingerprint density at radius 3 is 2.80 bits per heavy atom. The molecule has 7 nitrogen and oxygen atoms in total. The van der Waals surface area contributed by atoms with Gasteiger partial charge >= 0.3 is 6.09 Å². The van der Waals surface area contributed by atoms with E-state index in [9.17, 15) is 14.7 Å². The summed E-state index contributed by atoms with van der Waals surface area (Å²) in [6, 6.07) is 8.65. The van der Waals surface area contributed by atoms with Crippen LogP contribution in [0.4, 0.5) is 10.5 Å². The molecule has 3 heterocycles. The molecule has 0 saturated carbocycles. The van der Waals surface area contributed by atoms with Crippen molar-refractivity contribution in [3.05, 3.63) is 42.2 Å². The Bertz CT molecular complexity index is 849. The zero-order valence-electron chi connectivity index (χ0n) is 13.5. The summed E-state index contributed by atoms with van der Waals surface area (Å²) in [6.45, 7) is 1.49. The third-order valence-electron chi connectivity index (χ3n) is 4.48. The number of aromatic nitrogens is 1. The number of aliphatic hydroxyl groups excluding tert-OH is 1. The van der Waals surface area contributed by atoms with E-state index in [0.717, 1.165) is 11.1 Å². The number of carbonyl (C=O) groups excluding carboxylic acids is 2. The number of hydrogen-bond donors (Lipinski definition) is 1. The van der Waals surface area contributed by atoms with Crippen molar-refractivity contribution in [3.63, 3.8) is 0 Å². The summed E-state index contributed by atoms with van der Waals surface area (Å²) in [4.78, 5) is 29.1. The number of Topliss-reactive ketones (excluding diaryl/α,β-unsaturated/α-hetero) is 1.